The van der Waals surface area contributed by atoms with E-state index in [1.54, 1.807) is 0 Å². The van der Waals surface area contributed by atoms with Gasteiger partial charge in [-0.15, -0.1) is 0 Å². The van der Waals surface area contributed by atoms with Gasteiger partial charge in [-0.3, -0.25) is 0 Å². The third-order valence-corrected chi connectivity index (χ3v) is 3.89. The van der Waals surface area contributed by atoms with Crippen LogP contribution in [0.15, 0.2) is 54.6 Å². The third kappa shape index (κ3) is 3.92. The van der Waals surface area contributed by atoms with Gasteiger partial charge in [0.2, 0.25) is 0 Å². The zero-order valence-corrected chi connectivity index (χ0v) is 14.3. The topological polar surface area (TPSA) is 21.7 Å². The van der Waals surface area contributed by atoms with Gasteiger partial charge >= 0.3 is 0 Å². The van der Waals surface area contributed by atoms with Crippen LogP contribution in [-0.4, -0.2) is 11.9 Å². The Morgan fingerprint density at radius 1 is 1.00 bits per heavy atom. The van der Waals surface area contributed by atoms with Crippen molar-refractivity contribution in [2.75, 3.05) is 5.06 Å². The second-order valence-electron chi connectivity index (χ2n) is 7.09. The minimum Gasteiger partial charge on any atom is -0.344 e. The van der Waals surface area contributed by atoms with Crippen LogP contribution in [0.2, 0.25) is 0 Å². The molecule has 0 aromatic heterocycles. The summed E-state index contributed by atoms with van der Waals surface area (Å²) in [5.74, 6) is 0. The average molecular weight is 311 g/mol. The van der Waals surface area contributed by atoms with Crippen LogP contribution in [0.3, 0.4) is 0 Å². The van der Waals surface area contributed by atoms with E-state index in [1.807, 2.05) is 23.3 Å². The lowest BCUT2D eigenvalue weighted by Gasteiger charge is -2.26. The van der Waals surface area contributed by atoms with E-state index in [0.29, 0.717) is 0 Å². The van der Waals surface area contributed by atoms with Crippen LogP contribution in [0.4, 0.5) is 5.69 Å². The minimum atomic E-state index is -0.235. The van der Waals surface area contributed by atoms with E-state index in [4.69, 9.17) is 9.57 Å². The van der Waals surface area contributed by atoms with Crippen molar-refractivity contribution >= 4 is 5.69 Å². The molecule has 2 atom stereocenters. The number of hydrogen-bond donors (Lipinski definition) is 0. The molecule has 122 valence electrons. The van der Waals surface area contributed by atoms with Crippen molar-refractivity contribution in [2.45, 2.75) is 52.0 Å². The molecule has 0 saturated carbocycles. The summed E-state index contributed by atoms with van der Waals surface area (Å²) >= 11 is 0. The monoisotopic (exact) mass is 311 g/mol. The minimum absolute atomic E-state index is 0.158. The number of para-hydroxylation sites is 1. The molecule has 2 aromatic carbocycles. The molecule has 1 heterocycles. The summed E-state index contributed by atoms with van der Waals surface area (Å²) < 4.78 is 6.06. The zero-order chi connectivity index (χ0) is 16.4. The molecule has 3 rings (SSSR count). The largest absolute Gasteiger partial charge is 0.344 e. The molecule has 23 heavy (non-hydrogen) atoms. The maximum Gasteiger partial charge on any atom is 0.186 e. The Bertz CT molecular complexity index is 631. The Morgan fingerprint density at radius 2 is 1.65 bits per heavy atom. The molecule has 1 aliphatic heterocycles. The molecule has 0 unspecified atom stereocenters. The molecule has 1 saturated heterocycles. The number of hydrogen-bond acceptors (Lipinski definition) is 3. The molecule has 3 nitrogen and oxygen atoms in total. The summed E-state index contributed by atoms with van der Waals surface area (Å²) in [5, 5.41) is 1.99. The van der Waals surface area contributed by atoms with Gasteiger partial charge < -0.3 is 4.74 Å². The number of nitrogens with zero attached hydrogens (tertiary/aromatic N) is 1. The molecule has 1 aliphatic rings. The quantitative estimate of drug-likeness (QED) is 0.794. The predicted octanol–water partition coefficient (Wildman–Crippen LogP) is 5.02. The van der Waals surface area contributed by atoms with Crippen LogP contribution >= 0.6 is 0 Å². The fraction of sp³-hybridized carbons (Fsp3) is 0.400. The highest BCUT2D eigenvalue weighted by Gasteiger charge is 2.37. The Hall–Kier alpha value is -1.84. The Morgan fingerprint density at radius 3 is 2.26 bits per heavy atom. The first-order chi connectivity index (χ1) is 10.9. The molecule has 0 amide bonds. The SMILES string of the molecule is Cc1ccc([C@@H]2C[C@H](OC(C)(C)C)ON2c2ccccc2)cc1. The van der Waals surface area contributed by atoms with Gasteiger partial charge in [-0.25, -0.2) is 9.90 Å². The van der Waals surface area contributed by atoms with Crippen LogP contribution in [0, 0.1) is 6.92 Å². The van der Waals surface area contributed by atoms with Gasteiger partial charge in [0.05, 0.1) is 17.3 Å². The first-order valence-corrected chi connectivity index (χ1v) is 8.18. The summed E-state index contributed by atoms with van der Waals surface area (Å²) in [4.78, 5) is 6.13. The molecule has 0 bridgehead atoms. The van der Waals surface area contributed by atoms with E-state index < -0.39 is 0 Å². The highest BCUT2D eigenvalue weighted by Crippen LogP contribution is 2.39. The van der Waals surface area contributed by atoms with Crippen LogP contribution in [-0.2, 0) is 9.57 Å². The van der Waals surface area contributed by atoms with E-state index in [-0.39, 0.29) is 17.9 Å². The Balaban J connectivity index is 1.88. The van der Waals surface area contributed by atoms with Crippen molar-refractivity contribution in [3.63, 3.8) is 0 Å². The van der Waals surface area contributed by atoms with Crippen molar-refractivity contribution in [1.82, 2.24) is 0 Å². The third-order valence-electron chi connectivity index (χ3n) is 3.89. The van der Waals surface area contributed by atoms with Gasteiger partial charge in [0, 0.05) is 6.42 Å². The molecule has 0 aliphatic carbocycles. The van der Waals surface area contributed by atoms with Crippen LogP contribution in [0.5, 0.6) is 0 Å². The lowest BCUT2D eigenvalue weighted by Crippen LogP contribution is -2.28. The Labute approximate surface area is 138 Å². The lowest BCUT2D eigenvalue weighted by atomic mass is 10.0. The number of ether oxygens (including phenoxy) is 1. The fourth-order valence-corrected chi connectivity index (χ4v) is 2.86. The van der Waals surface area contributed by atoms with E-state index in [1.165, 1.54) is 11.1 Å². The van der Waals surface area contributed by atoms with Crippen LogP contribution in [0.1, 0.15) is 44.4 Å². The van der Waals surface area contributed by atoms with Gasteiger partial charge in [-0.1, -0.05) is 48.0 Å². The second-order valence-corrected chi connectivity index (χ2v) is 7.09. The summed E-state index contributed by atoms with van der Waals surface area (Å²) in [6.45, 7) is 8.28. The standard InChI is InChI=1S/C20H25NO2/c1-15-10-12-16(13-11-15)18-14-19(22-20(2,3)4)23-21(18)17-8-6-5-7-9-17/h5-13,18-19H,14H2,1-4H3/t18-,19+/m0/s1. The molecular weight excluding hydrogens is 286 g/mol. The van der Waals surface area contributed by atoms with Crippen molar-refractivity contribution in [2.24, 2.45) is 0 Å². The highest BCUT2D eigenvalue weighted by atomic mass is 16.8. The van der Waals surface area contributed by atoms with Crippen LogP contribution in [0.25, 0.3) is 0 Å². The van der Waals surface area contributed by atoms with Crippen molar-refractivity contribution in [3.05, 3.63) is 65.7 Å². The number of hydroxylamine groups is 1. The summed E-state index contributed by atoms with van der Waals surface area (Å²) in [5.41, 5.74) is 3.34. The number of benzene rings is 2. The number of anilines is 1. The van der Waals surface area contributed by atoms with Crippen LogP contribution < -0.4 is 5.06 Å². The average Bonchev–Trinajstić information content (AvgIpc) is 2.90. The van der Waals surface area contributed by atoms with E-state index in [9.17, 15) is 0 Å². The summed E-state index contributed by atoms with van der Waals surface area (Å²) in [7, 11) is 0. The first kappa shape index (κ1) is 16.0. The molecule has 0 spiro atoms. The van der Waals surface area contributed by atoms with Gasteiger partial charge in [0.25, 0.3) is 0 Å². The van der Waals surface area contributed by atoms with Gasteiger partial charge in [0.15, 0.2) is 6.29 Å². The van der Waals surface area contributed by atoms with E-state index in [2.05, 4.69) is 64.1 Å². The predicted molar refractivity (Wildman–Crippen MR) is 93.2 cm³/mol. The van der Waals surface area contributed by atoms with Crippen molar-refractivity contribution < 1.29 is 9.57 Å². The van der Waals surface area contributed by atoms with Gasteiger partial charge in [-0.2, -0.15) is 0 Å². The van der Waals surface area contributed by atoms with Gasteiger partial charge in [0.1, 0.15) is 0 Å². The smallest absolute Gasteiger partial charge is 0.186 e. The van der Waals surface area contributed by atoms with Crippen molar-refractivity contribution in [1.29, 1.82) is 0 Å². The highest BCUT2D eigenvalue weighted by molar-refractivity contribution is 5.47. The fourth-order valence-electron chi connectivity index (χ4n) is 2.86. The molecule has 2 aromatic rings. The molecule has 0 radical (unpaired) electrons. The van der Waals surface area contributed by atoms with E-state index >= 15 is 0 Å². The summed E-state index contributed by atoms with van der Waals surface area (Å²) in [6.07, 6.45) is 0.580. The number of rotatable bonds is 3. The second kappa shape index (κ2) is 6.34. The molecular formula is C20H25NO2. The lowest BCUT2D eigenvalue weighted by molar-refractivity contribution is -0.176. The molecule has 0 N–H and O–H groups in total. The molecule has 1 fully saturated rings. The van der Waals surface area contributed by atoms with Gasteiger partial charge in [-0.05, 0) is 45.4 Å². The normalized spacial score (nSPS) is 21.7. The maximum atomic E-state index is 6.13. The number of aryl methyl sites for hydroxylation is 1. The summed E-state index contributed by atoms with van der Waals surface area (Å²) in [6, 6.07) is 19.0. The molecule has 3 heteroatoms. The van der Waals surface area contributed by atoms with Crippen molar-refractivity contribution in [3.8, 4) is 0 Å². The first-order valence-electron chi connectivity index (χ1n) is 8.18. The van der Waals surface area contributed by atoms with E-state index in [0.717, 1.165) is 12.1 Å². The Kier molecular flexibility index (Phi) is 4.42. The zero-order valence-electron chi connectivity index (χ0n) is 14.3. The maximum absolute atomic E-state index is 6.13.